The first-order valence-corrected chi connectivity index (χ1v) is 20.8. The average Bonchev–Trinajstić information content (AvgIpc) is 3.37. The second-order valence-electron chi connectivity index (χ2n) is 15.2. The van der Waals surface area contributed by atoms with Crippen molar-refractivity contribution in [2.75, 3.05) is 45.9 Å². The Kier molecular flexibility index (Phi) is 24.9. The van der Waals surface area contributed by atoms with Gasteiger partial charge in [-0.05, 0) is 64.6 Å². The van der Waals surface area contributed by atoms with Crippen molar-refractivity contribution < 1.29 is 23.9 Å². The summed E-state index contributed by atoms with van der Waals surface area (Å²) in [5, 5.41) is 0. The van der Waals surface area contributed by atoms with Crippen LogP contribution in [0.2, 0.25) is 0 Å². The maximum absolute atomic E-state index is 13.1. The van der Waals surface area contributed by atoms with Gasteiger partial charge in [0, 0.05) is 37.8 Å². The fraction of sp³-hybridized carbons (Fsp3) is 0.927. The number of hydrogen-bond acceptors (Lipinski definition) is 6. The lowest BCUT2D eigenvalue weighted by Gasteiger charge is -2.41. The van der Waals surface area contributed by atoms with E-state index in [9.17, 15) is 14.4 Å². The van der Waals surface area contributed by atoms with Crippen molar-refractivity contribution in [3.05, 3.63) is 0 Å². The minimum Gasteiger partial charge on any atom is -0.465 e. The molecule has 2 aliphatic heterocycles. The molecule has 280 valence electrons. The SMILES string of the molecule is CCCCCCCCCCCC(=O)OCC1(COC(=O)CCCCCCCCCCC)CCN(C(=O)CCCN2CCCCCC2)CC1. The predicted octanol–water partition coefficient (Wildman–Crippen LogP) is 10.2. The zero-order valence-corrected chi connectivity index (χ0v) is 31.7. The van der Waals surface area contributed by atoms with E-state index in [1.165, 1.54) is 116 Å². The Hall–Kier alpha value is -1.63. The van der Waals surface area contributed by atoms with E-state index >= 15 is 0 Å². The molecule has 2 rings (SSSR count). The van der Waals surface area contributed by atoms with Crippen LogP contribution in [0.25, 0.3) is 0 Å². The molecule has 0 aromatic rings. The van der Waals surface area contributed by atoms with Crippen LogP contribution in [0.4, 0.5) is 0 Å². The minimum atomic E-state index is -0.412. The highest BCUT2D eigenvalue weighted by Gasteiger charge is 2.38. The van der Waals surface area contributed by atoms with Gasteiger partial charge in [0.05, 0.1) is 0 Å². The van der Waals surface area contributed by atoms with E-state index in [1.807, 2.05) is 4.90 Å². The van der Waals surface area contributed by atoms with Crippen LogP contribution in [-0.2, 0) is 23.9 Å². The van der Waals surface area contributed by atoms with Crippen LogP contribution in [0.1, 0.15) is 194 Å². The van der Waals surface area contributed by atoms with E-state index in [0.717, 1.165) is 51.7 Å². The number of rotatable bonds is 28. The number of carbonyl (C=O) groups excluding carboxylic acids is 3. The molecule has 48 heavy (non-hydrogen) atoms. The Morgan fingerprint density at radius 3 is 1.35 bits per heavy atom. The molecule has 2 fully saturated rings. The van der Waals surface area contributed by atoms with E-state index < -0.39 is 5.41 Å². The van der Waals surface area contributed by atoms with Crippen LogP contribution in [0.5, 0.6) is 0 Å². The lowest BCUT2D eigenvalue weighted by atomic mass is 9.79. The molecule has 0 radical (unpaired) electrons. The van der Waals surface area contributed by atoms with Crippen molar-refractivity contribution in [1.29, 1.82) is 0 Å². The van der Waals surface area contributed by atoms with Gasteiger partial charge in [0.15, 0.2) is 0 Å². The Bertz CT molecular complexity index is 778. The molecule has 2 heterocycles. The number of unbranched alkanes of at least 4 members (excludes halogenated alkanes) is 16. The number of ether oxygens (including phenoxy) is 2. The van der Waals surface area contributed by atoms with E-state index in [1.54, 1.807) is 0 Å². The molecule has 0 unspecified atom stereocenters. The molecular formula is C41H76N2O5. The highest BCUT2D eigenvalue weighted by molar-refractivity contribution is 5.76. The molecule has 0 aromatic carbocycles. The minimum absolute atomic E-state index is 0.148. The molecule has 7 nitrogen and oxygen atoms in total. The van der Waals surface area contributed by atoms with Crippen molar-refractivity contribution in [3.63, 3.8) is 0 Å². The Morgan fingerprint density at radius 1 is 0.500 bits per heavy atom. The molecule has 0 bridgehead atoms. The van der Waals surface area contributed by atoms with Gasteiger partial charge in [-0.15, -0.1) is 0 Å². The molecule has 0 saturated carbocycles. The first kappa shape index (κ1) is 42.5. The van der Waals surface area contributed by atoms with E-state index in [4.69, 9.17) is 9.47 Å². The van der Waals surface area contributed by atoms with Crippen LogP contribution in [0, 0.1) is 5.41 Å². The van der Waals surface area contributed by atoms with Gasteiger partial charge < -0.3 is 19.3 Å². The highest BCUT2D eigenvalue weighted by atomic mass is 16.5. The summed E-state index contributed by atoms with van der Waals surface area (Å²) in [6.45, 7) is 9.63. The predicted molar refractivity (Wildman–Crippen MR) is 198 cm³/mol. The average molecular weight is 677 g/mol. The van der Waals surface area contributed by atoms with E-state index in [-0.39, 0.29) is 31.1 Å². The lowest BCUT2D eigenvalue weighted by molar-refractivity contribution is -0.158. The summed E-state index contributed by atoms with van der Waals surface area (Å²) in [6, 6.07) is 0. The van der Waals surface area contributed by atoms with Crippen molar-refractivity contribution in [2.45, 2.75) is 194 Å². The van der Waals surface area contributed by atoms with Crippen LogP contribution in [0.15, 0.2) is 0 Å². The van der Waals surface area contributed by atoms with Crippen molar-refractivity contribution in [1.82, 2.24) is 9.80 Å². The zero-order valence-electron chi connectivity index (χ0n) is 31.7. The van der Waals surface area contributed by atoms with Gasteiger partial charge in [-0.2, -0.15) is 0 Å². The molecule has 0 aliphatic carbocycles. The number of hydrogen-bond donors (Lipinski definition) is 0. The first-order chi connectivity index (χ1) is 23.5. The normalized spacial score (nSPS) is 16.8. The van der Waals surface area contributed by atoms with Crippen LogP contribution < -0.4 is 0 Å². The molecule has 0 aromatic heterocycles. The first-order valence-electron chi connectivity index (χ1n) is 20.8. The smallest absolute Gasteiger partial charge is 0.305 e. The van der Waals surface area contributed by atoms with Gasteiger partial charge in [-0.25, -0.2) is 0 Å². The summed E-state index contributed by atoms with van der Waals surface area (Å²) in [5.74, 6) is -0.0705. The number of likely N-dealkylation sites (tertiary alicyclic amines) is 2. The van der Waals surface area contributed by atoms with Crippen molar-refractivity contribution >= 4 is 17.8 Å². The Morgan fingerprint density at radius 2 is 0.917 bits per heavy atom. The second-order valence-corrected chi connectivity index (χ2v) is 15.2. The molecule has 2 aliphatic rings. The van der Waals surface area contributed by atoms with Crippen molar-refractivity contribution in [2.24, 2.45) is 5.41 Å². The Balaban J connectivity index is 1.74. The second kappa shape index (κ2) is 28.1. The van der Waals surface area contributed by atoms with E-state index in [0.29, 0.717) is 45.2 Å². The van der Waals surface area contributed by atoms with Gasteiger partial charge in [-0.3, -0.25) is 14.4 Å². The van der Waals surface area contributed by atoms with Crippen LogP contribution in [0.3, 0.4) is 0 Å². The molecule has 0 atom stereocenters. The maximum Gasteiger partial charge on any atom is 0.305 e. The third-order valence-corrected chi connectivity index (χ3v) is 10.8. The van der Waals surface area contributed by atoms with Crippen LogP contribution in [-0.4, -0.2) is 73.6 Å². The fourth-order valence-corrected chi connectivity index (χ4v) is 7.30. The number of esters is 2. The largest absolute Gasteiger partial charge is 0.465 e. The summed E-state index contributed by atoms with van der Waals surface area (Å²) >= 11 is 0. The van der Waals surface area contributed by atoms with Gasteiger partial charge >= 0.3 is 11.9 Å². The number of nitrogens with zero attached hydrogens (tertiary/aromatic N) is 2. The standard InChI is InChI=1S/C41H76N2O5/c1-3-5-7-9-11-13-15-17-21-27-39(45)47-36-41(37-48-40(46)28-22-18-16-14-12-10-8-6-4-2)29-34-43(35-30-41)38(44)26-25-33-42-31-23-19-20-24-32-42/h3-37H2,1-2H3. The summed E-state index contributed by atoms with van der Waals surface area (Å²) in [6.07, 6.45) is 30.9. The summed E-state index contributed by atoms with van der Waals surface area (Å²) < 4.78 is 11.7. The number of amides is 1. The fourth-order valence-electron chi connectivity index (χ4n) is 7.30. The number of piperidine rings is 1. The summed E-state index contributed by atoms with van der Waals surface area (Å²) in [4.78, 5) is 43.0. The molecule has 0 spiro atoms. The summed E-state index contributed by atoms with van der Waals surface area (Å²) in [7, 11) is 0. The Labute approximate surface area is 296 Å². The van der Waals surface area contributed by atoms with Gasteiger partial charge in [0.2, 0.25) is 5.91 Å². The van der Waals surface area contributed by atoms with Gasteiger partial charge in [0.25, 0.3) is 0 Å². The van der Waals surface area contributed by atoms with Crippen molar-refractivity contribution in [3.8, 4) is 0 Å². The monoisotopic (exact) mass is 677 g/mol. The summed E-state index contributed by atoms with van der Waals surface area (Å²) in [5.41, 5.74) is -0.412. The number of carbonyl (C=O) groups is 3. The molecule has 7 heteroatoms. The topological polar surface area (TPSA) is 76.1 Å². The molecule has 0 N–H and O–H groups in total. The quantitative estimate of drug-likeness (QED) is 0.0606. The molecule has 2 saturated heterocycles. The maximum atomic E-state index is 13.1. The van der Waals surface area contributed by atoms with Crippen LogP contribution >= 0.6 is 0 Å². The van der Waals surface area contributed by atoms with E-state index in [2.05, 4.69) is 18.7 Å². The third-order valence-electron chi connectivity index (χ3n) is 10.8. The van der Waals surface area contributed by atoms with Gasteiger partial charge in [0.1, 0.15) is 13.2 Å². The zero-order chi connectivity index (χ0) is 34.5. The van der Waals surface area contributed by atoms with Gasteiger partial charge in [-0.1, -0.05) is 129 Å². The molecule has 1 amide bonds. The lowest BCUT2D eigenvalue weighted by Crippen LogP contribution is -2.47. The highest BCUT2D eigenvalue weighted by Crippen LogP contribution is 2.33. The third kappa shape index (κ3) is 20.8. The molecular weight excluding hydrogens is 600 g/mol.